The summed E-state index contributed by atoms with van der Waals surface area (Å²) in [5.41, 5.74) is 0.157. The Kier molecular flexibility index (Phi) is 4.06. The molecule has 0 amide bonds. The third kappa shape index (κ3) is 3.47. The largest absolute Gasteiger partial charge is 0.479 e. The Morgan fingerprint density at radius 1 is 1.48 bits per heavy atom. The van der Waals surface area contributed by atoms with Crippen molar-refractivity contribution in [1.29, 1.82) is 0 Å². The monoisotopic (exact) mass is 291 g/mol. The molecular weight excluding hydrogens is 274 g/mol. The lowest BCUT2D eigenvalue weighted by Crippen LogP contribution is -2.23. The van der Waals surface area contributed by atoms with Crippen LogP contribution in [0.25, 0.3) is 0 Å². The molecule has 0 aliphatic heterocycles. The summed E-state index contributed by atoms with van der Waals surface area (Å²) in [6.45, 7) is 3.77. The van der Waals surface area contributed by atoms with Crippen molar-refractivity contribution in [2.45, 2.75) is 25.8 Å². The van der Waals surface area contributed by atoms with Gasteiger partial charge in [-0.05, 0) is 0 Å². The van der Waals surface area contributed by atoms with Crippen molar-refractivity contribution in [2.75, 3.05) is 5.32 Å². The van der Waals surface area contributed by atoms with E-state index in [0.717, 1.165) is 0 Å². The highest BCUT2D eigenvalue weighted by molar-refractivity contribution is 5.78. The molecule has 0 bridgehead atoms. The molecule has 0 spiro atoms. The fraction of sp³-hybridized carbons (Fsp3) is 0.385. The number of carboxylic acid groups (broad SMARTS) is 1. The average molecular weight is 291 g/mol. The van der Waals surface area contributed by atoms with Gasteiger partial charge in [0.2, 0.25) is 0 Å². The van der Waals surface area contributed by atoms with Gasteiger partial charge in [-0.25, -0.2) is 9.78 Å². The number of aromatic amines is 1. The first-order chi connectivity index (χ1) is 9.86. The van der Waals surface area contributed by atoms with E-state index in [2.05, 4.69) is 20.4 Å². The van der Waals surface area contributed by atoms with E-state index >= 15 is 0 Å². The van der Waals surface area contributed by atoms with Crippen molar-refractivity contribution in [2.24, 2.45) is 7.05 Å². The van der Waals surface area contributed by atoms with Crippen molar-refractivity contribution in [3.63, 3.8) is 0 Å². The van der Waals surface area contributed by atoms with Crippen molar-refractivity contribution in [1.82, 2.24) is 19.7 Å². The van der Waals surface area contributed by atoms with Gasteiger partial charge in [-0.2, -0.15) is 5.10 Å². The first-order valence-corrected chi connectivity index (χ1v) is 6.46. The molecule has 2 rings (SSSR count). The summed E-state index contributed by atoms with van der Waals surface area (Å²) in [6.07, 6.45) is 3.06. The second-order valence-corrected chi connectivity index (χ2v) is 5.03. The zero-order chi connectivity index (χ0) is 15.6. The van der Waals surface area contributed by atoms with Crippen LogP contribution >= 0.6 is 0 Å². The van der Waals surface area contributed by atoms with Gasteiger partial charge in [0.25, 0.3) is 5.56 Å². The van der Waals surface area contributed by atoms with Gasteiger partial charge in [0.1, 0.15) is 11.6 Å². The van der Waals surface area contributed by atoms with Crippen LogP contribution in [0.15, 0.2) is 23.3 Å². The minimum atomic E-state index is -1.07. The number of H-pyrrole nitrogens is 1. The average Bonchev–Trinajstić information content (AvgIpc) is 2.81. The lowest BCUT2D eigenvalue weighted by Gasteiger charge is -2.14. The molecule has 0 aromatic carbocycles. The molecule has 0 fully saturated rings. The maximum absolute atomic E-state index is 11.6. The molecule has 112 valence electrons. The number of aliphatic carboxylic acids is 1. The van der Waals surface area contributed by atoms with Gasteiger partial charge in [0.15, 0.2) is 6.04 Å². The third-order valence-electron chi connectivity index (χ3n) is 2.90. The summed E-state index contributed by atoms with van der Waals surface area (Å²) < 4.78 is 1.51. The maximum Gasteiger partial charge on any atom is 0.330 e. The van der Waals surface area contributed by atoms with Crippen LogP contribution in [0.3, 0.4) is 0 Å². The Morgan fingerprint density at radius 2 is 2.19 bits per heavy atom. The second kappa shape index (κ2) is 5.78. The topological polar surface area (TPSA) is 113 Å². The molecule has 0 saturated heterocycles. The Bertz CT molecular complexity index is 704. The molecule has 2 aromatic rings. The van der Waals surface area contributed by atoms with E-state index in [1.165, 1.54) is 16.9 Å². The zero-order valence-electron chi connectivity index (χ0n) is 12.0. The number of carboxylic acids is 1. The molecule has 8 heteroatoms. The highest BCUT2D eigenvalue weighted by Crippen LogP contribution is 2.18. The van der Waals surface area contributed by atoms with Crippen LogP contribution in [0.4, 0.5) is 5.82 Å². The van der Waals surface area contributed by atoms with Crippen LogP contribution < -0.4 is 10.9 Å². The summed E-state index contributed by atoms with van der Waals surface area (Å²) >= 11 is 0. The molecule has 3 N–H and O–H groups in total. The molecule has 0 aliphatic carbocycles. The Morgan fingerprint density at radius 3 is 2.71 bits per heavy atom. The van der Waals surface area contributed by atoms with Crippen LogP contribution in [0.2, 0.25) is 0 Å². The van der Waals surface area contributed by atoms with Crippen molar-refractivity contribution >= 4 is 11.8 Å². The standard InChI is InChI=1S/C13H17N5O3/c1-7(2)12-16-9(4-10(19)17-12)15-11(13(20)21)8-5-14-18(3)6-8/h4-7,11H,1-3H3,(H,20,21)(H2,15,16,17,19). The van der Waals surface area contributed by atoms with Gasteiger partial charge >= 0.3 is 5.97 Å². The quantitative estimate of drug-likeness (QED) is 0.753. The van der Waals surface area contributed by atoms with Crippen molar-refractivity contribution in [3.05, 3.63) is 40.2 Å². The van der Waals surface area contributed by atoms with Crippen LogP contribution in [0, 0.1) is 0 Å². The number of aromatic nitrogens is 4. The Labute approximate surface area is 120 Å². The van der Waals surface area contributed by atoms with Gasteiger partial charge in [-0.1, -0.05) is 13.8 Å². The van der Waals surface area contributed by atoms with Gasteiger partial charge in [0.05, 0.1) is 6.20 Å². The van der Waals surface area contributed by atoms with E-state index in [9.17, 15) is 14.7 Å². The molecule has 0 aliphatic rings. The van der Waals surface area contributed by atoms with E-state index < -0.39 is 12.0 Å². The summed E-state index contributed by atoms with van der Waals surface area (Å²) in [5.74, 6) is -0.323. The molecule has 0 radical (unpaired) electrons. The third-order valence-corrected chi connectivity index (χ3v) is 2.90. The molecule has 1 atom stereocenters. The lowest BCUT2D eigenvalue weighted by atomic mass is 10.1. The predicted molar refractivity (Wildman–Crippen MR) is 76.2 cm³/mol. The normalized spacial score (nSPS) is 12.4. The number of hydrogen-bond donors (Lipinski definition) is 3. The second-order valence-electron chi connectivity index (χ2n) is 5.03. The van der Waals surface area contributed by atoms with Gasteiger partial charge in [-0.3, -0.25) is 9.48 Å². The van der Waals surface area contributed by atoms with Gasteiger partial charge in [-0.15, -0.1) is 0 Å². The van der Waals surface area contributed by atoms with E-state index in [0.29, 0.717) is 11.4 Å². The first-order valence-electron chi connectivity index (χ1n) is 6.46. The Hall–Kier alpha value is -2.64. The smallest absolute Gasteiger partial charge is 0.330 e. The van der Waals surface area contributed by atoms with Crippen molar-refractivity contribution in [3.8, 4) is 0 Å². The molecule has 8 nitrogen and oxygen atoms in total. The fourth-order valence-corrected chi connectivity index (χ4v) is 1.85. The number of hydrogen-bond acceptors (Lipinski definition) is 5. The highest BCUT2D eigenvalue weighted by Gasteiger charge is 2.22. The summed E-state index contributed by atoms with van der Waals surface area (Å²) in [6, 6.07) is 0.214. The number of carbonyl (C=O) groups is 1. The first kappa shape index (κ1) is 14.8. The van der Waals surface area contributed by atoms with E-state index in [1.54, 1.807) is 13.2 Å². The highest BCUT2D eigenvalue weighted by atomic mass is 16.4. The van der Waals surface area contributed by atoms with E-state index in [1.807, 2.05) is 13.8 Å². The molecule has 2 heterocycles. The number of rotatable bonds is 5. The van der Waals surface area contributed by atoms with Crippen LogP contribution in [0.5, 0.6) is 0 Å². The Balaban J connectivity index is 2.33. The van der Waals surface area contributed by atoms with Gasteiger partial charge in [0, 0.05) is 30.8 Å². The van der Waals surface area contributed by atoms with E-state index in [4.69, 9.17) is 0 Å². The van der Waals surface area contributed by atoms with Crippen LogP contribution in [-0.4, -0.2) is 30.8 Å². The number of anilines is 1. The summed E-state index contributed by atoms with van der Waals surface area (Å²) in [5, 5.41) is 16.0. The predicted octanol–water partition coefficient (Wildman–Crippen LogP) is 0.865. The molecule has 1 unspecified atom stereocenters. The maximum atomic E-state index is 11.6. The van der Waals surface area contributed by atoms with E-state index in [-0.39, 0.29) is 17.3 Å². The number of aryl methyl sites for hydroxylation is 1. The van der Waals surface area contributed by atoms with Crippen LogP contribution in [-0.2, 0) is 11.8 Å². The molecule has 2 aromatic heterocycles. The van der Waals surface area contributed by atoms with Crippen molar-refractivity contribution < 1.29 is 9.90 Å². The minimum Gasteiger partial charge on any atom is -0.479 e. The van der Waals surface area contributed by atoms with Crippen LogP contribution in [0.1, 0.15) is 37.2 Å². The molecule has 21 heavy (non-hydrogen) atoms. The number of nitrogens with one attached hydrogen (secondary N) is 2. The summed E-state index contributed by atoms with van der Waals surface area (Å²) in [4.78, 5) is 29.9. The molecule has 0 saturated carbocycles. The lowest BCUT2D eigenvalue weighted by molar-refractivity contribution is -0.138. The minimum absolute atomic E-state index is 0.0288. The molecular formula is C13H17N5O3. The zero-order valence-corrected chi connectivity index (χ0v) is 12.0. The number of nitrogens with zero attached hydrogens (tertiary/aromatic N) is 3. The fourth-order valence-electron chi connectivity index (χ4n) is 1.85. The summed E-state index contributed by atoms with van der Waals surface area (Å²) in [7, 11) is 1.70. The van der Waals surface area contributed by atoms with Gasteiger partial charge < -0.3 is 15.4 Å². The SMILES string of the molecule is CC(C)c1nc(NC(C(=O)O)c2cnn(C)c2)cc(=O)[nH]1.